The normalized spacial score (nSPS) is 15.5. The van der Waals surface area contributed by atoms with Crippen LogP contribution in [0.15, 0.2) is 86.9 Å². The van der Waals surface area contributed by atoms with E-state index in [1.165, 1.54) is 5.01 Å². The van der Waals surface area contributed by atoms with Gasteiger partial charge in [-0.3, -0.25) is 9.59 Å². The number of anilines is 1. The SMILES string of the molecule is CNC(=O)c1ccc(NCC(=O)N2N=C(c3cc4ccccc4o3)CC2c2ccco2)cc1. The van der Waals surface area contributed by atoms with Crippen LogP contribution in [0, 0.1) is 0 Å². The van der Waals surface area contributed by atoms with E-state index in [9.17, 15) is 9.59 Å². The zero-order valence-corrected chi connectivity index (χ0v) is 17.9. The van der Waals surface area contributed by atoms with Crippen LogP contribution in [0.4, 0.5) is 5.69 Å². The Morgan fingerprint density at radius 3 is 2.64 bits per heavy atom. The standard InChI is InChI=1S/C25H22N4O4/c1-26-25(31)16-8-10-18(11-9-16)27-15-24(30)29-20(22-7-4-12-32-22)14-19(28-29)23-13-17-5-2-3-6-21(17)33-23/h2-13,20,27H,14-15H2,1H3,(H,26,31). The van der Waals surface area contributed by atoms with Gasteiger partial charge in [-0.25, -0.2) is 5.01 Å². The molecule has 0 spiro atoms. The molecule has 8 heteroatoms. The molecule has 1 aliphatic rings. The van der Waals surface area contributed by atoms with Gasteiger partial charge in [-0.05, 0) is 48.5 Å². The van der Waals surface area contributed by atoms with Crippen LogP contribution in [-0.2, 0) is 4.79 Å². The number of hydrogen-bond acceptors (Lipinski definition) is 6. The Balaban J connectivity index is 1.35. The average Bonchev–Trinajstić information content (AvgIpc) is 3.60. The second-order valence-electron chi connectivity index (χ2n) is 7.68. The van der Waals surface area contributed by atoms with Gasteiger partial charge in [0.05, 0.1) is 12.8 Å². The van der Waals surface area contributed by atoms with E-state index < -0.39 is 0 Å². The Morgan fingerprint density at radius 2 is 1.91 bits per heavy atom. The van der Waals surface area contributed by atoms with Crippen molar-refractivity contribution in [3.05, 3.63) is 90.1 Å². The molecule has 0 bridgehead atoms. The molecule has 5 rings (SSSR count). The first-order valence-corrected chi connectivity index (χ1v) is 10.6. The van der Waals surface area contributed by atoms with Gasteiger partial charge in [0.25, 0.3) is 11.8 Å². The van der Waals surface area contributed by atoms with Gasteiger partial charge < -0.3 is 19.5 Å². The zero-order valence-electron chi connectivity index (χ0n) is 17.9. The van der Waals surface area contributed by atoms with E-state index in [0.717, 1.165) is 16.7 Å². The Labute approximate surface area is 189 Å². The summed E-state index contributed by atoms with van der Waals surface area (Å²) in [5.41, 5.74) is 2.74. The summed E-state index contributed by atoms with van der Waals surface area (Å²) in [6.45, 7) is 0.0352. The first-order chi connectivity index (χ1) is 16.1. The molecule has 2 aromatic carbocycles. The van der Waals surface area contributed by atoms with Crippen molar-refractivity contribution in [1.82, 2.24) is 10.3 Å². The lowest BCUT2D eigenvalue weighted by Crippen LogP contribution is -2.32. The van der Waals surface area contributed by atoms with Crippen LogP contribution in [0.5, 0.6) is 0 Å². The number of furan rings is 2. The lowest BCUT2D eigenvalue weighted by Gasteiger charge is -2.20. The van der Waals surface area contributed by atoms with Crippen LogP contribution in [0.1, 0.15) is 34.3 Å². The third-order valence-corrected chi connectivity index (χ3v) is 5.57. The number of rotatable bonds is 6. The summed E-state index contributed by atoms with van der Waals surface area (Å²) in [6, 6.07) is 19.9. The molecule has 0 aliphatic carbocycles. The molecule has 0 fully saturated rings. The minimum absolute atomic E-state index is 0.0352. The molecule has 166 valence electrons. The number of hydrazone groups is 1. The van der Waals surface area contributed by atoms with Crippen LogP contribution in [0.25, 0.3) is 11.0 Å². The van der Waals surface area contributed by atoms with E-state index >= 15 is 0 Å². The smallest absolute Gasteiger partial charge is 0.262 e. The topological polar surface area (TPSA) is 100 Å². The molecule has 1 atom stereocenters. The van der Waals surface area contributed by atoms with Crippen molar-refractivity contribution in [3.63, 3.8) is 0 Å². The minimum Gasteiger partial charge on any atom is -0.467 e. The van der Waals surface area contributed by atoms with Gasteiger partial charge in [-0.1, -0.05) is 18.2 Å². The number of benzene rings is 2. The average molecular weight is 442 g/mol. The number of fused-ring (bicyclic) bond motifs is 1. The Morgan fingerprint density at radius 1 is 1.09 bits per heavy atom. The van der Waals surface area contributed by atoms with Crippen molar-refractivity contribution in [3.8, 4) is 0 Å². The highest BCUT2D eigenvalue weighted by Crippen LogP contribution is 2.34. The van der Waals surface area contributed by atoms with Crippen LogP contribution in [0.2, 0.25) is 0 Å². The van der Waals surface area contributed by atoms with E-state index in [4.69, 9.17) is 8.83 Å². The fourth-order valence-corrected chi connectivity index (χ4v) is 3.86. The third kappa shape index (κ3) is 4.10. The summed E-state index contributed by atoms with van der Waals surface area (Å²) in [7, 11) is 1.58. The monoisotopic (exact) mass is 442 g/mol. The van der Waals surface area contributed by atoms with E-state index in [-0.39, 0.29) is 24.4 Å². The van der Waals surface area contributed by atoms with Crippen molar-refractivity contribution >= 4 is 34.2 Å². The highest BCUT2D eigenvalue weighted by Gasteiger charge is 2.35. The van der Waals surface area contributed by atoms with Gasteiger partial charge in [-0.15, -0.1) is 0 Å². The molecule has 0 saturated carbocycles. The number of nitrogens with zero attached hydrogens (tertiary/aromatic N) is 2. The highest BCUT2D eigenvalue weighted by atomic mass is 16.3. The number of carbonyl (C=O) groups is 2. The first kappa shape index (κ1) is 20.6. The minimum atomic E-state index is -0.354. The molecule has 2 amide bonds. The van der Waals surface area contributed by atoms with Crippen LogP contribution in [0.3, 0.4) is 0 Å². The largest absolute Gasteiger partial charge is 0.467 e. The Bertz CT molecular complexity index is 1290. The van der Waals surface area contributed by atoms with Crippen LogP contribution in [-0.4, -0.2) is 36.1 Å². The van der Waals surface area contributed by atoms with Gasteiger partial charge in [0, 0.05) is 30.1 Å². The molecular weight excluding hydrogens is 420 g/mol. The fourth-order valence-electron chi connectivity index (χ4n) is 3.86. The molecule has 33 heavy (non-hydrogen) atoms. The van der Waals surface area contributed by atoms with Crippen molar-refractivity contribution in [2.75, 3.05) is 18.9 Å². The van der Waals surface area contributed by atoms with E-state index in [1.807, 2.05) is 36.4 Å². The maximum Gasteiger partial charge on any atom is 0.262 e. The van der Waals surface area contributed by atoms with E-state index in [1.54, 1.807) is 43.6 Å². The van der Waals surface area contributed by atoms with Crippen molar-refractivity contribution in [2.24, 2.45) is 5.10 Å². The Kier molecular flexibility index (Phi) is 5.40. The molecule has 0 radical (unpaired) electrons. The summed E-state index contributed by atoms with van der Waals surface area (Å²) in [4.78, 5) is 24.8. The van der Waals surface area contributed by atoms with Crippen molar-refractivity contribution in [2.45, 2.75) is 12.5 Å². The maximum atomic E-state index is 13.1. The molecule has 1 unspecified atom stereocenters. The molecule has 2 aromatic heterocycles. The maximum absolute atomic E-state index is 13.1. The van der Waals surface area contributed by atoms with Gasteiger partial charge in [-0.2, -0.15) is 5.10 Å². The summed E-state index contributed by atoms with van der Waals surface area (Å²) in [5.74, 6) is 0.926. The quantitative estimate of drug-likeness (QED) is 0.467. The fraction of sp³-hybridized carbons (Fsp3) is 0.160. The summed E-state index contributed by atoms with van der Waals surface area (Å²) >= 11 is 0. The predicted octanol–water partition coefficient (Wildman–Crippen LogP) is 4.18. The van der Waals surface area contributed by atoms with Crippen molar-refractivity contribution < 1.29 is 18.4 Å². The molecule has 3 heterocycles. The zero-order chi connectivity index (χ0) is 22.8. The molecule has 0 saturated heterocycles. The van der Waals surface area contributed by atoms with E-state index in [0.29, 0.717) is 29.2 Å². The molecule has 4 aromatic rings. The van der Waals surface area contributed by atoms with E-state index in [2.05, 4.69) is 15.7 Å². The van der Waals surface area contributed by atoms with Crippen molar-refractivity contribution in [1.29, 1.82) is 0 Å². The molecular formula is C25H22N4O4. The van der Waals surface area contributed by atoms with Gasteiger partial charge in [0.15, 0.2) is 5.76 Å². The number of amides is 2. The van der Waals surface area contributed by atoms with Gasteiger partial charge >= 0.3 is 0 Å². The van der Waals surface area contributed by atoms with Gasteiger partial charge in [0.2, 0.25) is 0 Å². The number of carbonyl (C=O) groups excluding carboxylic acids is 2. The number of nitrogens with one attached hydrogen (secondary N) is 2. The summed E-state index contributed by atoms with van der Waals surface area (Å²) < 4.78 is 11.6. The second kappa shape index (κ2) is 8.66. The summed E-state index contributed by atoms with van der Waals surface area (Å²) in [6.07, 6.45) is 2.07. The first-order valence-electron chi connectivity index (χ1n) is 10.6. The molecule has 2 N–H and O–H groups in total. The van der Waals surface area contributed by atoms with Crippen LogP contribution < -0.4 is 10.6 Å². The molecule has 8 nitrogen and oxygen atoms in total. The number of para-hydroxylation sites is 1. The predicted molar refractivity (Wildman–Crippen MR) is 124 cm³/mol. The Hall–Kier alpha value is -4.33. The summed E-state index contributed by atoms with van der Waals surface area (Å²) in [5, 5.41) is 12.7. The third-order valence-electron chi connectivity index (χ3n) is 5.57. The lowest BCUT2D eigenvalue weighted by atomic mass is 10.1. The highest BCUT2D eigenvalue weighted by molar-refractivity contribution is 6.03. The number of hydrogen-bond donors (Lipinski definition) is 2. The lowest BCUT2D eigenvalue weighted by molar-refractivity contribution is -0.131. The van der Waals surface area contributed by atoms with Gasteiger partial charge in [0.1, 0.15) is 23.1 Å². The second-order valence-corrected chi connectivity index (χ2v) is 7.68. The molecule has 1 aliphatic heterocycles. The van der Waals surface area contributed by atoms with Crippen LogP contribution >= 0.6 is 0 Å².